The molecule has 18 aromatic heterocycles. The molecule has 0 amide bonds. The monoisotopic (exact) mass is 1790 g/mol. The number of aromatic amines is 9. The molecule has 18 aromatic rings. The molecular formula is C71H84N36O22. The van der Waals surface area contributed by atoms with E-state index in [-0.39, 0.29) is 85.8 Å². The number of carbonyl (C=O) groups is 2. The maximum atomic E-state index is 11.9. The lowest BCUT2D eigenvalue weighted by atomic mass is 10.2. The van der Waals surface area contributed by atoms with E-state index in [0.29, 0.717) is 104 Å². The van der Waals surface area contributed by atoms with Gasteiger partial charge in [0, 0.05) is 132 Å². The fourth-order valence-electron chi connectivity index (χ4n) is 12.7. The third kappa shape index (κ3) is 18.5. The molecule has 0 spiro atoms. The van der Waals surface area contributed by atoms with Gasteiger partial charge in [0.25, 0.3) is 50.0 Å². The zero-order valence-corrected chi connectivity index (χ0v) is 71.9. The lowest BCUT2D eigenvalue weighted by Gasteiger charge is -2.10. The molecule has 0 atom stereocenters. The summed E-state index contributed by atoms with van der Waals surface area (Å²) in [5.41, 5.74) is -1.30. The highest BCUT2D eigenvalue weighted by Gasteiger charge is 2.20. The van der Waals surface area contributed by atoms with E-state index in [4.69, 9.17) is 10.2 Å². The van der Waals surface area contributed by atoms with Crippen LogP contribution in [0.5, 0.6) is 0 Å². The van der Waals surface area contributed by atoms with E-state index in [1.807, 2.05) is 13.8 Å². The van der Waals surface area contributed by atoms with Crippen LogP contribution in [0.25, 0.3) is 100 Å². The number of carboxylic acids is 2. The van der Waals surface area contributed by atoms with Crippen LogP contribution < -0.4 is 101 Å². The highest BCUT2D eigenvalue weighted by atomic mass is 16.4. The van der Waals surface area contributed by atoms with Crippen LogP contribution in [-0.4, -0.2) is 194 Å². The molecule has 0 unspecified atom stereocenters. The van der Waals surface area contributed by atoms with E-state index in [1.165, 1.54) is 148 Å². The van der Waals surface area contributed by atoms with Crippen LogP contribution in [-0.2, 0) is 142 Å². The number of rotatable bonds is 8. The number of aliphatic carboxylic acids is 2. The summed E-state index contributed by atoms with van der Waals surface area (Å²) in [5.74, 6) is -1.13. The molecule has 18 heterocycles. The van der Waals surface area contributed by atoms with Gasteiger partial charge in [0.05, 0.1) is 50.6 Å². The lowest BCUT2D eigenvalue weighted by Crippen LogP contribution is -2.38. The van der Waals surface area contributed by atoms with Crippen LogP contribution in [0, 0.1) is 5.92 Å². The summed E-state index contributed by atoms with van der Waals surface area (Å²) in [5, 5.41) is 17.3. The van der Waals surface area contributed by atoms with Gasteiger partial charge in [0.15, 0.2) is 67.2 Å². The van der Waals surface area contributed by atoms with Crippen molar-refractivity contribution in [2.24, 2.45) is 119 Å². The van der Waals surface area contributed by atoms with E-state index >= 15 is 0 Å². The third-order valence-electron chi connectivity index (χ3n) is 19.6. The molecular weight excluding hydrogens is 1710 g/mol. The molecule has 0 aliphatic rings. The van der Waals surface area contributed by atoms with Crippen LogP contribution in [0.2, 0.25) is 0 Å². The molecule has 0 saturated carbocycles. The van der Waals surface area contributed by atoms with Crippen LogP contribution >= 0.6 is 0 Å². The van der Waals surface area contributed by atoms with Crippen molar-refractivity contribution in [3.05, 3.63) is 244 Å². The molecule has 58 nitrogen and oxygen atoms in total. The molecule has 0 fully saturated rings. The van der Waals surface area contributed by atoms with Crippen molar-refractivity contribution in [3.8, 4) is 0 Å². The average molecular weight is 1790 g/mol. The quantitative estimate of drug-likeness (QED) is 0.0673. The fourth-order valence-corrected chi connectivity index (χ4v) is 12.7. The predicted octanol–water partition coefficient (Wildman–Crippen LogP) is -8.28. The molecule has 18 rings (SSSR count). The van der Waals surface area contributed by atoms with Gasteiger partial charge in [0.1, 0.15) is 45.6 Å². The van der Waals surface area contributed by atoms with Crippen molar-refractivity contribution in [2.45, 2.75) is 46.2 Å². The van der Waals surface area contributed by atoms with Gasteiger partial charge in [-0.3, -0.25) is 137 Å². The summed E-state index contributed by atoms with van der Waals surface area (Å²) in [7, 11) is 24.6. The van der Waals surface area contributed by atoms with Crippen molar-refractivity contribution >= 4 is 112 Å². The van der Waals surface area contributed by atoms with Gasteiger partial charge in [-0.1, -0.05) is 13.8 Å². The number of imidazole rings is 9. The Labute approximate surface area is 710 Å². The zero-order valence-electron chi connectivity index (χ0n) is 71.9. The summed E-state index contributed by atoms with van der Waals surface area (Å²) in [6.45, 7) is 4.20. The predicted molar refractivity (Wildman–Crippen MR) is 460 cm³/mol. The molecule has 0 bridgehead atoms. The number of H-pyrrole nitrogens is 9. The van der Waals surface area contributed by atoms with Gasteiger partial charge in [-0.25, -0.2) is 88.0 Å². The van der Waals surface area contributed by atoms with Gasteiger partial charge < -0.3 is 53.4 Å². The zero-order chi connectivity index (χ0) is 95.4. The van der Waals surface area contributed by atoms with E-state index < -0.39 is 68.2 Å². The number of hydrogen-bond donors (Lipinski definition) is 11. The van der Waals surface area contributed by atoms with Gasteiger partial charge in [-0.2, -0.15) is 0 Å². The second-order valence-corrected chi connectivity index (χ2v) is 28.8. The van der Waals surface area contributed by atoms with Crippen LogP contribution in [0.1, 0.15) is 32.5 Å². The molecule has 0 aromatic carbocycles. The number of nitrogens with one attached hydrogen (secondary N) is 9. The summed E-state index contributed by atoms with van der Waals surface area (Å²) >= 11 is 0. The summed E-state index contributed by atoms with van der Waals surface area (Å²) in [6.07, 6.45) is 12.2. The maximum absolute atomic E-state index is 11.9. The van der Waals surface area contributed by atoms with E-state index in [9.17, 15) is 95.9 Å². The first-order valence-corrected chi connectivity index (χ1v) is 37.6. The van der Waals surface area contributed by atoms with Crippen LogP contribution in [0.3, 0.4) is 0 Å². The smallest absolute Gasteiger partial charge is 0.332 e. The second kappa shape index (κ2) is 37.6. The lowest BCUT2D eigenvalue weighted by molar-refractivity contribution is -0.138. The minimum Gasteiger partial charge on any atom is -0.481 e. The minimum absolute atomic E-state index is 0.0357. The van der Waals surface area contributed by atoms with Gasteiger partial charge in [0.2, 0.25) is 0 Å². The first-order valence-electron chi connectivity index (χ1n) is 37.6. The Morgan fingerprint density at radius 3 is 1.32 bits per heavy atom. The Bertz CT molecular complexity index is 8670. The summed E-state index contributed by atoms with van der Waals surface area (Å²) in [4.78, 5) is 285. The molecule has 680 valence electrons. The number of carboxylic acid groups (broad SMARTS) is 2. The number of nitrogens with zero attached hydrogens (tertiary/aromatic N) is 27. The Morgan fingerprint density at radius 2 is 0.760 bits per heavy atom. The minimum atomic E-state index is -1.08. The van der Waals surface area contributed by atoms with Crippen molar-refractivity contribution in [1.29, 1.82) is 0 Å². The number of aromatic nitrogens is 36. The Hall–Kier alpha value is -17.7. The van der Waals surface area contributed by atoms with Gasteiger partial charge in [-0.15, -0.1) is 0 Å². The van der Waals surface area contributed by atoms with Crippen molar-refractivity contribution < 1.29 is 19.8 Å². The Morgan fingerprint density at radius 1 is 0.349 bits per heavy atom. The normalized spacial score (nSPS) is 11.0. The Balaban J connectivity index is 0.000000152. The SMILES string of the molecule is CC(C)Cn1c(=O)n(C)c(=O)c2[nH]cnc21.Cn1c(=O)[nH]c(=O)c2[nH]cnc21.Cn1c(=O)c2[nH]c(CCCC(=O)O)nc2n(C)c1=O.Cn1c(=O)c2[nH]cnc2n(C)c1=O.Cn1c(=O)c2c(ncn2C)n(C)c1=O.Cn1c(=O)c2c(ncn2CC(=O)O)n(C)c1=O.Cn1c(=O)c2ncn(C)c2n(C)c1=O.Cn1cnc2c1c(=O)[nH]c(=O)n2C.O=c1[nH]c(=O)c2[nH]cnc2[nH]1. The molecule has 11 N–H and O–H groups in total. The topological polar surface area (TPSA) is 729 Å². The third-order valence-corrected chi connectivity index (χ3v) is 19.6. The average Bonchev–Trinajstić information content (AvgIpc) is 1.30. The van der Waals surface area contributed by atoms with E-state index in [0.717, 1.165) is 27.4 Å². The standard InChI is InChI=1S/C11H14N4O4.C10H14N4O2.C9H10N4O4.2C8H10N4O2.2C7H8N4O2.C6H6N4O2.C5H4N4O2/c1-14-9-8(10(18)15(2)11(14)19)12-6(13-9)4-3-5-7(16)17;1-6(2)4-14-8-7(11-5-12-8)9(15)13(3)10(14)16;1-11-7-6(8(16)12(2)9(11)17)13(4-10-7)3-5(14)15;1-10-4-9-6-5(10)7(13)12(3)8(14)11(6)2;1-10-4-9-5-6(10)11(2)8(14)12(3)7(5)13;1-10-3-8-5-4(10)6(12)9-7(13)11(5)2;1-10-5-4(8-3-9-5)6(12)11(2)7(10)13;1-10-4-3(7-2-8-4)5(11)9-6(10)12;10-4-2-3(7-1-6-2)8-5(11)9-4/h3-5H2,1-2H3,(H,12,13)(H,16,17);5-6H,4H2,1-3H3,(H,11,12);4H,3H2,1-2H3,(H,14,15);2*4H,1-3H3;3H,1-2H3,(H,9,12,13);3H,1-2H3,(H,8,9);2H,1H3,(H,7,8)(H,9,11,12);1H,(H3,6,7,8,9,10,11). The number of hydrogen-bond acceptors (Lipinski definition) is 29. The van der Waals surface area contributed by atoms with Crippen LogP contribution in [0.15, 0.2) is 137 Å². The fraction of sp³-hybridized carbons (Fsp3) is 0.338. The van der Waals surface area contributed by atoms with Crippen LogP contribution in [0.4, 0.5) is 0 Å². The first kappa shape index (κ1) is 93.6. The molecule has 0 aliphatic carbocycles. The number of aryl methyl sites for hydroxylation is 11. The molecule has 0 radical (unpaired) electrons. The first-order chi connectivity index (χ1) is 60.6. The highest BCUT2D eigenvalue weighted by Crippen LogP contribution is 2.11. The van der Waals surface area contributed by atoms with Crippen molar-refractivity contribution in [1.82, 2.24) is 172 Å². The van der Waals surface area contributed by atoms with Crippen molar-refractivity contribution in [2.75, 3.05) is 0 Å². The largest absolute Gasteiger partial charge is 0.481 e. The van der Waals surface area contributed by atoms with E-state index in [1.54, 1.807) is 70.1 Å². The molecule has 129 heavy (non-hydrogen) atoms. The number of fused-ring (bicyclic) bond motifs is 9. The summed E-state index contributed by atoms with van der Waals surface area (Å²) in [6, 6.07) is 0. The van der Waals surface area contributed by atoms with E-state index in [2.05, 4.69) is 89.7 Å². The maximum Gasteiger partial charge on any atom is 0.332 e. The summed E-state index contributed by atoms with van der Waals surface area (Å²) < 4.78 is 22.9. The molecule has 0 aliphatic heterocycles. The van der Waals surface area contributed by atoms with Gasteiger partial charge in [-0.05, 0) is 12.3 Å². The molecule has 0 saturated heterocycles. The van der Waals surface area contributed by atoms with Crippen molar-refractivity contribution in [3.63, 3.8) is 0 Å². The Kier molecular flexibility index (Phi) is 27.2. The second-order valence-electron chi connectivity index (χ2n) is 28.8. The van der Waals surface area contributed by atoms with Gasteiger partial charge >= 0.3 is 63.1 Å². The highest BCUT2D eigenvalue weighted by molar-refractivity contribution is 5.76. The molecule has 58 heteroatoms.